The van der Waals surface area contributed by atoms with Gasteiger partial charge in [-0.1, -0.05) is 41.4 Å². The Hall–Kier alpha value is -3.12. The molecule has 0 saturated carbocycles. The van der Waals surface area contributed by atoms with Gasteiger partial charge in [0, 0.05) is 18.3 Å². The number of para-hydroxylation sites is 1. The van der Waals surface area contributed by atoms with E-state index in [0.29, 0.717) is 22.9 Å². The largest absolute Gasteiger partial charge is 0.294 e. The molecule has 0 unspecified atom stereocenters. The Balaban J connectivity index is 1.95. The molecule has 0 fully saturated rings. The highest BCUT2D eigenvalue weighted by Crippen LogP contribution is 2.20. The smallest absolute Gasteiger partial charge is 0.287 e. The van der Waals surface area contributed by atoms with Gasteiger partial charge in [-0.3, -0.25) is 20.0 Å². The van der Waals surface area contributed by atoms with Crippen molar-refractivity contribution in [1.29, 1.82) is 0 Å². The van der Waals surface area contributed by atoms with Crippen molar-refractivity contribution in [2.24, 2.45) is 0 Å². The third-order valence-corrected chi connectivity index (χ3v) is 4.62. The molecule has 2 aromatic carbocycles. The van der Waals surface area contributed by atoms with Crippen LogP contribution in [0.4, 0.5) is 5.69 Å². The molecule has 0 bridgehead atoms. The van der Waals surface area contributed by atoms with E-state index >= 15 is 0 Å². The minimum absolute atomic E-state index is 0.198. The number of nitrogens with one attached hydrogen (secondary N) is 1. The van der Waals surface area contributed by atoms with Gasteiger partial charge in [0.1, 0.15) is 0 Å². The Bertz CT molecular complexity index is 1060. The molecule has 0 aliphatic heterocycles. The first-order valence-electron chi connectivity index (χ1n) is 8.91. The molecule has 1 aromatic heterocycles. The number of hydrogen-bond donors (Lipinski definition) is 1. The van der Waals surface area contributed by atoms with E-state index in [1.807, 2.05) is 44.2 Å². The normalized spacial score (nSPS) is 10.6. The monoisotopic (exact) mass is 396 g/mol. The predicted molar refractivity (Wildman–Crippen MR) is 111 cm³/mol. The first-order chi connectivity index (χ1) is 13.4. The van der Waals surface area contributed by atoms with Crippen LogP contribution >= 0.6 is 11.6 Å². The van der Waals surface area contributed by atoms with Crippen molar-refractivity contribution in [2.75, 3.05) is 11.6 Å². The van der Waals surface area contributed by atoms with Crippen LogP contribution in [0.1, 0.15) is 28.7 Å². The molecule has 0 atom stereocenters. The van der Waals surface area contributed by atoms with E-state index in [1.165, 1.54) is 10.7 Å². The molecule has 1 N–H and O–H groups in total. The van der Waals surface area contributed by atoms with Crippen molar-refractivity contribution in [3.63, 3.8) is 0 Å². The number of hydrogen-bond acceptors (Lipinski definition) is 4. The van der Waals surface area contributed by atoms with Gasteiger partial charge in [-0.2, -0.15) is 5.10 Å². The summed E-state index contributed by atoms with van der Waals surface area (Å²) in [6, 6.07) is 16.2. The Morgan fingerprint density at radius 3 is 2.46 bits per heavy atom. The number of carbonyl (C=O) groups excluding carboxylic acids is 1. The van der Waals surface area contributed by atoms with E-state index in [-0.39, 0.29) is 5.69 Å². The zero-order valence-corrected chi connectivity index (χ0v) is 16.7. The van der Waals surface area contributed by atoms with E-state index in [4.69, 9.17) is 11.6 Å². The lowest BCUT2D eigenvalue weighted by Crippen LogP contribution is -2.44. The third kappa shape index (κ3) is 4.07. The minimum Gasteiger partial charge on any atom is -0.287 e. The number of aromatic nitrogens is 2. The number of rotatable bonds is 5. The number of nitrogens with zero attached hydrogens (tertiary/aromatic N) is 3. The summed E-state index contributed by atoms with van der Waals surface area (Å²) in [4.78, 5) is 25.2. The van der Waals surface area contributed by atoms with E-state index < -0.39 is 11.3 Å². The molecule has 3 rings (SSSR count). The van der Waals surface area contributed by atoms with Gasteiger partial charge in [-0.25, -0.2) is 4.68 Å². The van der Waals surface area contributed by atoms with Gasteiger partial charge in [-0.15, -0.1) is 0 Å². The number of halogens is 1. The maximum absolute atomic E-state index is 12.8. The topological polar surface area (TPSA) is 67.2 Å². The molecular weight excluding hydrogens is 376 g/mol. The summed E-state index contributed by atoms with van der Waals surface area (Å²) in [5, 5.41) is 6.42. The minimum atomic E-state index is -0.576. The van der Waals surface area contributed by atoms with E-state index in [2.05, 4.69) is 10.5 Å². The molecule has 1 amide bonds. The Morgan fingerprint density at radius 1 is 1.14 bits per heavy atom. The zero-order chi connectivity index (χ0) is 20.3. The summed E-state index contributed by atoms with van der Waals surface area (Å²) in [7, 11) is 0. The second-order valence-electron chi connectivity index (χ2n) is 6.38. The summed E-state index contributed by atoms with van der Waals surface area (Å²) in [6.45, 7) is 6.17. The van der Waals surface area contributed by atoms with Crippen LogP contribution in [0, 0.1) is 13.8 Å². The maximum atomic E-state index is 12.8. The lowest BCUT2D eigenvalue weighted by atomic mass is 10.2. The van der Waals surface area contributed by atoms with Crippen LogP contribution in [0.2, 0.25) is 5.02 Å². The fraction of sp³-hybridized carbons (Fsp3) is 0.190. The van der Waals surface area contributed by atoms with Crippen molar-refractivity contribution < 1.29 is 4.79 Å². The SMILES string of the molecule is CCN(NC(=O)c1nn(-c2ccccc2Cl)c(C)cc1=O)c1ccc(C)cc1. The molecule has 0 radical (unpaired) electrons. The van der Waals surface area contributed by atoms with E-state index in [9.17, 15) is 9.59 Å². The number of hydrazine groups is 1. The second kappa shape index (κ2) is 8.27. The highest BCUT2D eigenvalue weighted by molar-refractivity contribution is 6.32. The number of aryl methyl sites for hydroxylation is 2. The molecule has 7 heteroatoms. The number of anilines is 1. The molecule has 1 heterocycles. The Kier molecular flexibility index (Phi) is 5.80. The van der Waals surface area contributed by atoms with Gasteiger partial charge in [0.2, 0.25) is 5.43 Å². The van der Waals surface area contributed by atoms with Crippen LogP contribution in [0.15, 0.2) is 59.4 Å². The van der Waals surface area contributed by atoms with Crippen molar-refractivity contribution >= 4 is 23.2 Å². The van der Waals surface area contributed by atoms with Crippen LogP contribution in [0.3, 0.4) is 0 Å². The van der Waals surface area contributed by atoms with Crippen LogP contribution in [-0.2, 0) is 0 Å². The van der Waals surface area contributed by atoms with Crippen LogP contribution in [0.25, 0.3) is 5.69 Å². The van der Waals surface area contributed by atoms with Gasteiger partial charge < -0.3 is 0 Å². The summed E-state index contributed by atoms with van der Waals surface area (Å²) in [6.07, 6.45) is 0. The summed E-state index contributed by atoms with van der Waals surface area (Å²) in [5.74, 6) is -0.576. The maximum Gasteiger partial charge on any atom is 0.294 e. The van der Waals surface area contributed by atoms with Crippen molar-refractivity contribution in [1.82, 2.24) is 15.2 Å². The highest BCUT2D eigenvalue weighted by atomic mass is 35.5. The van der Waals surface area contributed by atoms with Crippen molar-refractivity contribution in [3.05, 3.63) is 86.8 Å². The van der Waals surface area contributed by atoms with Gasteiger partial charge in [0.15, 0.2) is 5.69 Å². The van der Waals surface area contributed by atoms with Gasteiger partial charge in [0.25, 0.3) is 5.91 Å². The summed E-state index contributed by atoms with van der Waals surface area (Å²) in [5.41, 5.74) is 5.24. The Morgan fingerprint density at radius 2 is 1.82 bits per heavy atom. The average molecular weight is 397 g/mol. The molecule has 144 valence electrons. The number of amides is 1. The summed E-state index contributed by atoms with van der Waals surface area (Å²) >= 11 is 6.25. The lowest BCUT2D eigenvalue weighted by Gasteiger charge is -2.23. The van der Waals surface area contributed by atoms with Gasteiger partial charge in [-0.05, 0) is 45.0 Å². The number of carbonyl (C=O) groups is 1. The fourth-order valence-corrected chi connectivity index (χ4v) is 3.01. The molecule has 0 aliphatic rings. The quantitative estimate of drug-likeness (QED) is 0.668. The molecular formula is C21H21ClN4O2. The molecule has 0 spiro atoms. The van der Waals surface area contributed by atoms with Crippen molar-refractivity contribution in [3.8, 4) is 5.69 Å². The molecule has 28 heavy (non-hydrogen) atoms. The van der Waals surface area contributed by atoms with Gasteiger partial charge in [0.05, 0.1) is 16.4 Å². The predicted octanol–water partition coefficient (Wildman–Crippen LogP) is 3.67. The molecule has 6 nitrogen and oxygen atoms in total. The second-order valence-corrected chi connectivity index (χ2v) is 6.79. The zero-order valence-electron chi connectivity index (χ0n) is 15.9. The average Bonchev–Trinajstić information content (AvgIpc) is 2.67. The lowest BCUT2D eigenvalue weighted by molar-refractivity contribution is 0.0941. The molecule has 0 saturated heterocycles. The Labute approximate surface area is 168 Å². The fourth-order valence-electron chi connectivity index (χ4n) is 2.80. The van der Waals surface area contributed by atoms with E-state index in [1.54, 1.807) is 30.1 Å². The van der Waals surface area contributed by atoms with Crippen LogP contribution < -0.4 is 15.9 Å². The third-order valence-electron chi connectivity index (χ3n) is 4.30. The highest BCUT2D eigenvalue weighted by Gasteiger charge is 2.18. The first kappa shape index (κ1) is 19.6. The number of benzene rings is 2. The van der Waals surface area contributed by atoms with Gasteiger partial charge >= 0.3 is 0 Å². The van der Waals surface area contributed by atoms with Crippen LogP contribution in [0.5, 0.6) is 0 Å². The standard InChI is InChI=1S/C21H21ClN4O2/c1-4-25(16-11-9-14(2)10-12-16)24-21(28)20-19(27)13-15(3)26(23-20)18-8-6-5-7-17(18)22/h5-13H,4H2,1-3H3,(H,24,28). The van der Waals surface area contributed by atoms with E-state index in [0.717, 1.165) is 11.3 Å². The first-order valence-corrected chi connectivity index (χ1v) is 9.29. The van der Waals surface area contributed by atoms with Crippen molar-refractivity contribution in [2.45, 2.75) is 20.8 Å². The summed E-state index contributed by atoms with van der Waals surface area (Å²) < 4.78 is 1.50. The molecule has 0 aliphatic carbocycles. The molecule has 3 aromatic rings. The van der Waals surface area contributed by atoms with Crippen LogP contribution in [-0.4, -0.2) is 22.2 Å².